The van der Waals surface area contributed by atoms with E-state index in [2.05, 4.69) is 9.97 Å². The van der Waals surface area contributed by atoms with E-state index in [-0.39, 0.29) is 0 Å². The van der Waals surface area contributed by atoms with Crippen LogP contribution in [0.2, 0.25) is 0 Å². The Balaban J connectivity index is 1.92. The molecule has 4 nitrogen and oxygen atoms in total. The van der Waals surface area contributed by atoms with Crippen LogP contribution in [0.4, 0.5) is 0 Å². The summed E-state index contributed by atoms with van der Waals surface area (Å²) in [6.07, 6.45) is 1.86. The van der Waals surface area contributed by atoms with Gasteiger partial charge in [0.1, 0.15) is 26.6 Å². The summed E-state index contributed by atoms with van der Waals surface area (Å²) in [6, 6.07) is 11.9. The van der Waals surface area contributed by atoms with Crippen molar-refractivity contribution in [3.05, 3.63) is 48.3 Å². The van der Waals surface area contributed by atoms with Crippen LogP contribution in [-0.4, -0.2) is 22.1 Å². The Kier molecular flexibility index (Phi) is 3.01. The molecular weight excluding hydrogens is 294 g/mol. The number of hydrogen-bond acceptors (Lipinski definition) is 5. The van der Waals surface area contributed by atoms with Gasteiger partial charge in [-0.25, -0.2) is 9.97 Å². The zero-order valence-corrected chi connectivity index (χ0v) is 13.0. The summed E-state index contributed by atoms with van der Waals surface area (Å²) in [5.74, 6) is 0.839. The minimum atomic E-state index is 0.839. The normalized spacial score (nSPS) is 11.2. The SMILES string of the molecule is COc1ccc(-c2nc3c(ncc4ccc(C)nc43)s2)cc1. The molecule has 0 fully saturated rings. The number of aryl methyl sites for hydroxylation is 1. The Morgan fingerprint density at radius 3 is 2.55 bits per heavy atom. The number of thiazole rings is 1. The van der Waals surface area contributed by atoms with Crippen LogP contribution in [0, 0.1) is 6.92 Å². The van der Waals surface area contributed by atoms with Gasteiger partial charge in [0.05, 0.1) is 7.11 Å². The average Bonchev–Trinajstić information content (AvgIpc) is 2.99. The van der Waals surface area contributed by atoms with Crippen molar-refractivity contribution in [1.29, 1.82) is 0 Å². The molecule has 0 bridgehead atoms. The molecule has 3 heterocycles. The Morgan fingerprint density at radius 2 is 1.77 bits per heavy atom. The van der Waals surface area contributed by atoms with Crippen LogP contribution in [0.3, 0.4) is 0 Å². The molecule has 0 aliphatic carbocycles. The molecule has 0 saturated carbocycles. The van der Waals surface area contributed by atoms with Crippen molar-refractivity contribution in [2.24, 2.45) is 0 Å². The molecule has 0 amide bonds. The Hall–Kier alpha value is -2.53. The monoisotopic (exact) mass is 307 g/mol. The molecule has 3 aromatic heterocycles. The van der Waals surface area contributed by atoms with E-state index in [1.54, 1.807) is 18.4 Å². The second kappa shape index (κ2) is 5.03. The molecule has 5 heteroatoms. The molecule has 108 valence electrons. The first-order chi connectivity index (χ1) is 10.7. The Morgan fingerprint density at radius 1 is 0.955 bits per heavy atom. The Bertz CT molecular complexity index is 976. The van der Waals surface area contributed by atoms with Gasteiger partial charge in [-0.2, -0.15) is 0 Å². The quantitative estimate of drug-likeness (QED) is 0.556. The van der Waals surface area contributed by atoms with E-state index in [9.17, 15) is 0 Å². The number of fused-ring (bicyclic) bond motifs is 3. The van der Waals surface area contributed by atoms with Crippen molar-refractivity contribution in [1.82, 2.24) is 15.0 Å². The van der Waals surface area contributed by atoms with E-state index in [0.717, 1.165) is 43.3 Å². The molecular formula is C17H13N3OS. The highest BCUT2D eigenvalue weighted by Gasteiger charge is 2.11. The third-order valence-corrected chi connectivity index (χ3v) is 4.57. The second-order valence-electron chi connectivity index (χ2n) is 5.05. The van der Waals surface area contributed by atoms with E-state index in [4.69, 9.17) is 9.72 Å². The highest BCUT2D eigenvalue weighted by Crippen LogP contribution is 2.32. The summed E-state index contributed by atoms with van der Waals surface area (Å²) in [4.78, 5) is 14.8. The van der Waals surface area contributed by atoms with E-state index in [1.807, 2.05) is 49.5 Å². The van der Waals surface area contributed by atoms with Gasteiger partial charge in [0.25, 0.3) is 0 Å². The lowest BCUT2D eigenvalue weighted by molar-refractivity contribution is 0.415. The first kappa shape index (κ1) is 13.2. The number of methoxy groups -OCH3 is 1. The van der Waals surface area contributed by atoms with Gasteiger partial charge >= 0.3 is 0 Å². The highest BCUT2D eigenvalue weighted by atomic mass is 32.1. The number of rotatable bonds is 2. The maximum atomic E-state index is 5.20. The standard InChI is InChI=1S/C17H13N3OS/c1-10-3-4-12-9-18-17-15(14(12)19-10)20-16(22-17)11-5-7-13(21-2)8-6-11/h3-9H,1-2H3. The summed E-state index contributed by atoms with van der Waals surface area (Å²) >= 11 is 1.58. The number of pyridine rings is 2. The minimum Gasteiger partial charge on any atom is -0.497 e. The van der Waals surface area contributed by atoms with E-state index < -0.39 is 0 Å². The van der Waals surface area contributed by atoms with E-state index in [1.165, 1.54) is 0 Å². The first-order valence-electron chi connectivity index (χ1n) is 6.92. The summed E-state index contributed by atoms with van der Waals surface area (Å²) in [5, 5.41) is 1.96. The number of aromatic nitrogens is 3. The molecule has 0 aliphatic heterocycles. The van der Waals surface area contributed by atoms with Gasteiger partial charge in [0.15, 0.2) is 0 Å². The molecule has 4 aromatic rings. The van der Waals surface area contributed by atoms with Crippen LogP contribution in [0.5, 0.6) is 5.75 Å². The lowest BCUT2D eigenvalue weighted by Crippen LogP contribution is -1.86. The zero-order valence-electron chi connectivity index (χ0n) is 12.2. The lowest BCUT2D eigenvalue weighted by Gasteiger charge is -2.00. The zero-order chi connectivity index (χ0) is 15.1. The second-order valence-corrected chi connectivity index (χ2v) is 6.03. The molecule has 0 atom stereocenters. The van der Waals surface area contributed by atoms with Crippen molar-refractivity contribution >= 4 is 32.6 Å². The minimum absolute atomic E-state index is 0.839. The molecule has 0 N–H and O–H groups in total. The number of benzene rings is 1. The van der Waals surface area contributed by atoms with Crippen LogP contribution in [0.15, 0.2) is 42.6 Å². The molecule has 0 saturated heterocycles. The maximum absolute atomic E-state index is 5.20. The third-order valence-electron chi connectivity index (χ3n) is 3.56. The lowest BCUT2D eigenvalue weighted by atomic mass is 10.2. The predicted octanol–water partition coefficient (Wildman–Crippen LogP) is 4.22. The van der Waals surface area contributed by atoms with Crippen LogP contribution in [-0.2, 0) is 0 Å². The van der Waals surface area contributed by atoms with Crippen molar-refractivity contribution in [2.45, 2.75) is 6.92 Å². The molecule has 0 aliphatic rings. The van der Waals surface area contributed by atoms with Crippen LogP contribution < -0.4 is 4.74 Å². The molecule has 4 rings (SSSR count). The van der Waals surface area contributed by atoms with Crippen molar-refractivity contribution in [3.8, 4) is 16.3 Å². The molecule has 0 spiro atoms. The Labute approximate surface area is 131 Å². The molecule has 22 heavy (non-hydrogen) atoms. The van der Waals surface area contributed by atoms with Crippen molar-refractivity contribution in [3.63, 3.8) is 0 Å². The maximum Gasteiger partial charge on any atom is 0.146 e. The van der Waals surface area contributed by atoms with Gasteiger partial charge in [0.2, 0.25) is 0 Å². The average molecular weight is 307 g/mol. The topological polar surface area (TPSA) is 47.9 Å². The summed E-state index contributed by atoms with van der Waals surface area (Å²) in [5.41, 5.74) is 3.83. The van der Waals surface area contributed by atoms with Gasteiger partial charge in [0, 0.05) is 22.8 Å². The van der Waals surface area contributed by atoms with Crippen molar-refractivity contribution < 1.29 is 4.74 Å². The van der Waals surface area contributed by atoms with Crippen LogP contribution in [0.1, 0.15) is 5.69 Å². The van der Waals surface area contributed by atoms with Crippen LogP contribution >= 0.6 is 11.3 Å². The molecule has 1 aromatic carbocycles. The first-order valence-corrected chi connectivity index (χ1v) is 7.73. The molecule has 0 radical (unpaired) electrons. The smallest absolute Gasteiger partial charge is 0.146 e. The fourth-order valence-corrected chi connectivity index (χ4v) is 3.32. The van der Waals surface area contributed by atoms with Gasteiger partial charge in [-0.15, -0.1) is 0 Å². The van der Waals surface area contributed by atoms with Crippen LogP contribution in [0.25, 0.3) is 31.8 Å². The number of ether oxygens (including phenoxy) is 1. The summed E-state index contributed by atoms with van der Waals surface area (Å²) < 4.78 is 5.20. The fraction of sp³-hybridized carbons (Fsp3) is 0.118. The highest BCUT2D eigenvalue weighted by molar-refractivity contribution is 7.21. The molecule has 0 unspecified atom stereocenters. The number of nitrogens with zero attached hydrogens (tertiary/aromatic N) is 3. The van der Waals surface area contributed by atoms with Gasteiger partial charge in [-0.1, -0.05) is 11.3 Å². The van der Waals surface area contributed by atoms with Gasteiger partial charge in [-0.05, 0) is 43.3 Å². The van der Waals surface area contributed by atoms with E-state index >= 15 is 0 Å². The number of hydrogen-bond donors (Lipinski definition) is 0. The summed E-state index contributed by atoms with van der Waals surface area (Å²) in [7, 11) is 1.66. The van der Waals surface area contributed by atoms with Crippen molar-refractivity contribution in [2.75, 3.05) is 7.11 Å². The fourth-order valence-electron chi connectivity index (χ4n) is 2.40. The van der Waals surface area contributed by atoms with Gasteiger partial charge < -0.3 is 4.74 Å². The summed E-state index contributed by atoms with van der Waals surface area (Å²) in [6.45, 7) is 1.99. The van der Waals surface area contributed by atoms with Gasteiger partial charge in [-0.3, -0.25) is 4.98 Å². The predicted molar refractivity (Wildman–Crippen MR) is 89.4 cm³/mol. The third kappa shape index (κ3) is 2.10. The van der Waals surface area contributed by atoms with E-state index in [0.29, 0.717) is 0 Å². The largest absolute Gasteiger partial charge is 0.497 e.